The van der Waals surface area contributed by atoms with Gasteiger partial charge in [0.2, 0.25) is 0 Å². The van der Waals surface area contributed by atoms with Gasteiger partial charge in [-0.2, -0.15) is 0 Å². The molecule has 1 aromatic carbocycles. The van der Waals surface area contributed by atoms with E-state index in [0.29, 0.717) is 32.5 Å². The molecule has 1 saturated heterocycles. The number of nitrogens with zero attached hydrogens (tertiary/aromatic N) is 1. The van der Waals surface area contributed by atoms with Crippen LogP contribution in [0.5, 0.6) is 0 Å². The minimum absolute atomic E-state index is 0.230. The van der Waals surface area contributed by atoms with Gasteiger partial charge in [0.25, 0.3) is 0 Å². The molecule has 0 unspecified atom stereocenters. The SMILES string of the molecule is CCOC(=O)[C@]1(Cc2ccccc2)CCCN(C(=O)OC(C)(C)C)C1. The maximum absolute atomic E-state index is 12.8. The molecule has 1 aliphatic heterocycles. The minimum atomic E-state index is -0.716. The number of benzene rings is 1. The van der Waals surface area contributed by atoms with Crippen LogP contribution in [-0.4, -0.2) is 42.3 Å². The number of carbonyl (C=O) groups is 2. The molecule has 0 spiro atoms. The molecular formula is C20H29NO4. The molecule has 0 radical (unpaired) electrons. The first-order chi connectivity index (χ1) is 11.8. The van der Waals surface area contributed by atoms with Crippen molar-refractivity contribution in [2.75, 3.05) is 19.7 Å². The van der Waals surface area contributed by atoms with E-state index in [2.05, 4.69) is 0 Å². The molecule has 1 aromatic rings. The largest absolute Gasteiger partial charge is 0.466 e. The van der Waals surface area contributed by atoms with Gasteiger partial charge in [0.15, 0.2) is 0 Å². The van der Waals surface area contributed by atoms with Crippen LogP contribution in [0.15, 0.2) is 30.3 Å². The van der Waals surface area contributed by atoms with Crippen molar-refractivity contribution < 1.29 is 19.1 Å². The maximum atomic E-state index is 12.8. The molecule has 0 N–H and O–H groups in total. The molecule has 1 aliphatic rings. The van der Waals surface area contributed by atoms with Crippen LogP contribution in [0.1, 0.15) is 46.1 Å². The third kappa shape index (κ3) is 5.21. The minimum Gasteiger partial charge on any atom is -0.466 e. The molecule has 2 rings (SSSR count). The fourth-order valence-electron chi connectivity index (χ4n) is 3.27. The van der Waals surface area contributed by atoms with Crippen LogP contribution in [0.4, 0.5) is 4.79 Å². The lowest BCUT2D eigenvalue weighted by molar-refractivity contribution is -0.158. The monoisotopic (exact) mass is 347 g/mol. The summed E-state index contributed by atoms with van der Waals surface area (Å²) in [6.07, 6.45) is 1.66. The highest BCUT2D eigenvalue weighted by atomic mass is 16.6. The summed E-state index contributed by atoms with van der Waals surface area (Å²) in [5.74, 6) is -0.230. The first-order valence-corrected chi connectivity index (χ1v) is 8.95. The van der Waals surface area contributed by atoms with Crippen molar-refractivity contribution in [1.29, 1.82) is 0 Å². The van der Waals surface area contributed by atoms with E-state index in [4.69, 9.17) is 9.47 Å². The van der Waals surface area contributed by atoms with Gasteiger partial charge in [0, 0.05) is 13.1 Å². The van der Waals surface area contributed by atoms with Gasteiger partial charge in [-0.15, -0.1) is 0 Å². The fraction of sp³-hybridized carbons (Fsp3) is 0.600. The Morgan fingerprint density at radius 1 is 1.20 bits per heavy atom. The summed E-state index contributed by atoms with van der Waals surface area (Å²) in [5.41, 5.74) is -0.200. The number of hydrogen-bond donors (Lipinski definition) is 0. The molecule has 0 aromatic heterocycles. The zero-order chi connectivity index (χ0) is 18.5. The number of amides is 1. The second-order valence-electron chi connectivity index (χ2n) is 7.67. The predicted octanol–water partition coefficient (Wildman–Crippen LogP) is 3.81. The molecule has 0 bridgehead atoms. The van der Waals surface area contributed by atoms with E-state index in [0.717, 1.165) is 12.0 Å². The molecule has 1 atom stereocenters. The van der Waals surface area contributed by atoms with E-state index < -0.39 is 11.0 Å². The second-order valence-corrected chi connectivity index (χ2v) is 7.67. The number of esters is 1. The average molecular weight is 347 g/mol. The van der Waals surface area contributed by atoms with Crippen molar-refractivity contribution in [3.8, 4) is 0 Å². The summed E-state index contributed by atoms with van der Waals surface area (Å²) in [6, 6.07) is 9.89. The smallest absolute Gasteiger partial charge is 0.410 e. The van der Waals surface area contributed by atoms with Crippen molar-refractivity contribution in [2.24, 2.45) is 5.41 Å². The molecule has 1 heterocycles. The van der Waals surface area contributed by atoms with Crippen molar-refractivity contribution >= 4 is 12.1 Å². The summed E-state index contributed by atoms with van der Waals surface area (Å²) in [6.45, 7) is 8.61. The Kier molecular flexibility index (Phi) is 6.09. The number of carbonyl (C=O) groups excluding carboxylic acids is 2. The maximum Gasteiger partial charge on any atom is 0.410 e. The fourth-order valence-corrected chi connectivity index (χ4v) is 3.27. The number of rotatable bonds is 4. The van der Waals surface area contributed by atoms with Gasteiger partial charge in [-0.1, -0.05) is 30.3 Å². The standard InChI is InChI=1S/C20H29NO4/c1-5-24-17(22)20(14-16-10-7-6-8-11-16)12-9-13-21(15-20)18(23)25-19(2,3)4/h6-8,10-11H,5,9,12-15H2,1-4H3/t20-/m0/s1. The van der Waals surface area contributed by atoms with E-state index in [9.17, 15) is 9.59 Å². The molecule has 1 amide bonds. The molecule has 25 heavy (non-hydrogen) atoms. The second kappa shape index (κ2) is 7.89. The van der Waals surface area contributed by atoms with Crippen LogP contribution < -0.4 is 0 Å². The third-order valence-corrected chi connectivity index (χ3v) is 4.32. The van der Waals surface area contributed by atoms with Gasteiger partial charge < -0.3 is 14.4 Å². The van der Waals surface area contributed by atoms with Crippen molar-refractivity contribution in [2.45, 2.75) is 52.6 Å². The van der Waals surface area contributed by atoms with Gasteiger partial charge in [0.1, 0.15) is 5.60 Å². The Morgan fingerprint density at radius 3 is 2.48 bits per heavy atom. The Bertz CT molecular complexity index is 593. The van der Waals surface area contributed by atoms with Crippen molar-refractivity contribution in [1.82, 2.24) is 4.90 Å². The van der Waals surface area contributed by atoms with E-state index in [1.807, 2.05) is 58.0 Å². The van der Waals surface area contributed by atoms with Crippen LogP contribution in [0.3, 0.4) is 0 Å². The van der Waals surface area contributed by atoms with Crippen molar-refractivity contribution in [3.05, 3.63) is 35.9 Å². The topological polar surface area (TPSA) is 55.8 Å². The molecule has 138 valence electrons. The third-order valence-electron chi connectivity index (χ3n) is 4.32. The molecule has 5 nitrogen and oxygen atoms in total. The first-order valence-electron chi connectivity index (χ1n) is 8.95. The average Bonchev–Trinajstić information content (AvgIpc) is 2.54. The number of piperidine rings is 1. The lowest BCUT2D eigenvalue weighted by Crippen LogP contribution is -2.52. The van der Waals surface area contributed by atoms with E-state index in [1.165, 1.54) is 0 Å². The Hall–Kier alpha value is -2.04. The van der Waals surface area contributed by atoms with Crippen LogP contribution in [-0.2, 0) is 20.7 Å². The quantitative estimate of drug-likeness (QED) is 0.777. The summed E-state index contributed by atoms with van der Waals surface area (Å²) < 4.78 is 10.9. The molecule has 1 fully saturated rings. The lowest BCUT2D eigenvalue weighted by atomic mass is 9.75. The van der Waals surface area contributed by atoms with E-state index in [-0.39, 0.29) is 12.1 Å². The van der Waals surface area contributed by atoms with E-state index >= 15 is 0 Å². The highest BCUT2D eigenvalue weighted by Crippen LogP contribution is 2.36. The number of likely N-dealkylation sites (tertiary alicyclic amines) is 1. The first kappa shape index (κ1) is 19.3. The molecule has 0 saturated carbocycles. The Balaban J connectivity index is 2.22. The Labute approximate surface area is 150 Å². The van der Waals surface area contributed by atoms with Crippen LogP contribution in [0, 0.1) is 5.41 Å². The van der Waals surface area contributed by atoms with Gasteiger partial charge >= 0.3 is 12.1 Å². The van der Waals surface area contributed by atoms with Gasteiger partial charge in [-0.3, -0.25) is 4.79 Å². The highest BCUT2D eigenvalue weighted by Gasteiger charge is 2.45. The molecular weight excluding hydrogens is 318 g/mol. The predicted molar refractivity (Wildman–Crippen MR) is 96.3 cm³/mol. The van der Waals surface area contributed by atoms with Crippen LogP contribution in [0.2, 0.25) is 0 Å². The lowest BCUT2D eigenvalue weighted by Gasteiger charge is -2.41. The van der Waals surface area contributed by atoms with E-state index in [1.54, 1.807) is 4.90 Å². The zero-order valence-electron chi connectivity index (χ0n) is 15.7. The van der Waals surface area contributed by atoms with Crippen LogP contribution in [0.25, 0.3) is 0 Å². The number of ether oxygens (including phenoxy) is 2. The van der Waals surface area contributed by atoms with Gasteiger partial charge in [-0.05, 0) is 52.5 Å². The number of hydrogen-bond acceptors (Lipinski definition) is 4. The molecule has 5 heteroatoms. The Morgan fingerprint density at radius 2 is 1.88 bits per heavy atom. The van der Waals surface area contributed by atoms with Crippen LogP contribution >= 0.6 is 0 Å². The summed E-state index contributed by atoms with van der Waals surface area (Å²) in [5, 5.41) is 0. The van der Waals surface area contributed by atoms with Crippen molar-refractivity contribution in [3.63, 3.8) is 0 Å². The highest BCUT2D eigenvalue weighted by molar-refractivity contribution is 5.79. The zero-order valence-corrected chi connectivity index (χ0v) is 15.7. The normalized spacial score (nSPS) is 20.9. The van der Waals surface area contributed by atoms with Gasteiger partial charge in [0.05, 0.1) is 12.0 Å². The summed E-state index contributed by atoms with van der Waals surface area (Å²) in [4.78, 5) is 26.9. The molecule has 0 aliphatic carbocycles. The summed E-state index contributed by atoms with van der Waals surface area (Å²) in [7, 11) is 0. The summed E-state index contributed by atoms with van der Waals surface area (Å²) >= 11 is 0. The van der Waals surface area contributed by atoms with Gasteiger partial charge in [-0.25, -0.2) is 4.79 Å².